The number of carboxylic acids is 2. The summed E-state index contributed by atoms with van der Waals surface area (Å²) in [6.45, 7) is 2.93. The second-order valence-corrected chi connectivity index (χ2v) is 7.33. The van der Waals surface area contributed by atoms with Crippen molar-refractivity contribution in [1.29, 1.82) is 0 Å². The van der Waals surface area contributed by atoms with E-state index in [9.17, 15) is 19.8 Å². The van der Waals surface area contributed by atoms with Gasteiger partial charge in [-0.1, -0.05) is 24.3 Å². The fourth-order valence-electron chi connectivity index (χ4n) is 4.17. The summed E-state index contributed by atoms with van der Waals surface area (Å²) in [7, 11) is 0. The van der Waals surface area contributed by atoms with Crippen LogP contribution in [0.15, 0.2) is 36.7 Å². The van der Waals surface area contributed by atoms with Crippen molar-refractivity contribution in [2.75, 3.05) is 13.1 Å². The third kappa shape index (κ3) is 2.31. The Morgan fingerprint density at radius 1 is 1.08 bits per heavy atom. The molecule has 2 aromatic rings. The molecule has 2 heterocycles. The van der Waals surface area contributed by atoms with Crippen LogP contribution in [0.25, 0.3) is 11.4 Å². The molecule has 0 amide bonds. The highest BCUT2D eigenvalue weighted by Crippen LogP contribution is 2.68. The molecule has 1 aromatic heterocycles. The Hall–Kier alpha value is -2.80. The summed E-state index contributed by atoms with van der Waals surface area (Å²) in [5, 5.41) is 19.0. The van der Waals surface area contributed by atoms with Crippen molar-refractivity contribution >= 4 is 11.9 Å². The number of aryl methyl sites for hydroxylation is 1. The van der Waals surface area contributed by atoms with Gasteiger partial charge in [0, 0.05) is 43.2 Å². The smallest absolute Gasteiger partial charge is 0.312 e. The molecule has 2 atom stereocenters. The molecule has 1 saturated carbocycles. The zero-order chi connectivity index (χ0) is 18.5. The van der Waals surface area contributed by atoms with Gasteiger partial charge in [0.25, 0.3) is 0 Å². The SMILES string of the molecule is Cc1ccccc1-c1ncc(CN2C[C@@]3(C(=O)O)C[C@@]3(C(=O)O)C2)cn1. The Morgan fingerprint density at radius 2 is 1.65 bits per heavy atom. The average Bonchev–Trinajstić information content (AvgIpc) is 3.15. The lowest BCUT2D eigenvalue weighted by atomic mass is 9.97. The van der Waals surface area contributed by atoms with Gasteiger partial charge in [-0.3, -0.25) is 14.5 Å². The Labute approximate surface area is 150 Å². The third-order valence-electron chi connectivity index (χ3n) is 5.70. The van der Waals surface area contributed by atoms with Gasteiger partial charge in [-0.2, -0.15) is 0 Å². The van der Waals surface area contributed by atoms with Gasteiger partial charge in [0.2, 0.25) is 0 Å². The molecule has 2 aliphatic rings. The topological polar surface area (TPSA) is 104 Å². The summed E-state index contributed by atoms with van der Waals surface area (Å²) >= 11 is 0. The van der Waals surface area contributed by atoms with Gasteiger partial charge in [-0.15, -0.1) is 0 Å². The maximum atomic E-state index is 11.6. The first-order chi connectivity index (χ1) is 12.4. The molecule has 7 nitrogen and oxygen atoms in total. The van der Waals surface area contributed by atoms with E-state index in [1.165, 1.54) is 0 Å². The van der Waals surface area contributed by atoms with Crippen LogP contribution in [0.3, 0.4) is 0 Å². The standard InChI is InChI=1S/C19H19N3O4/c1-12-4-2-3-5-14(12)15-20-6-13(7-21-15)8-22-10-18(16(23)24)9-19(18,11-22)17(25)26/h2-7H,8-11H2,1H3,(H,23,24)(H,25,26)/t18-,19+. The van der Waals surface area contributed by atoms with Crippen molar-refractivity contribution in [3.63, 3.8) is 0 Å². The van der Waals surface area contributed by atoms with Crippen LogP contribution in [0.1, 0.15) is 17.5 Å². The predicted molar refractivity (Wildman–Crippen MR) is 92.2 cm³/mol. The van der Waals surface area contributed by atoms with Gasteiger partial charge in [-0.25, -0.2) is 9.97 Å². The van der Waals surface area contributed by atoms with E-state index >= 15 is 0 Å². The van der Waals surface area contributed by atoms with E-state index in [1.54, 1.807) is 12.4 Å². The quantitative estimate of drug-likeness (QED) is 0.845. The zero-order valence-electron chi connectivity index (χ0n) is 14.3. The molecule has 1 aromatic carbocycles. The molecule has 26 heavy (non-hydrogen) atoms. The van der Waals surface area contributed by atoms with E-state index in [2.05, 4.69) is 9.97 Å². The Bertz CT molecular complexity index is 870. The maximum Gasteiger partial charge on any atom is 0.312 e. The van der Waals surface area contributed by atoms with Crippen LogP contribution >= 0.6 is 0 Å². The van der Waals surface area contributed by atoms with Crippen molar-refractivity contribution in [3.05, 3.63) is 47.8 Å². The number of carbonyl (C=O) groups is 2. The van der Waals surface area contributed by atoms with E-state index < -0.39 is 22.8 Å². The number of hydrogen-bond donors (Lipinski definition) is 2. The van der Waals surface area contributed by atoms with Crippen LogP contribution in [0, 0.1) is 17.8 Å². The first-order valence-corrected chi connectivity index (χ1v) is 8.44. The summed E-state index contributed by atoms with van der Waals surface area (Å²) in [6.07, 6.45) is 3.66. The summed E-state index contributed by atoms with van der Waals surface area (Å²) in [5.74, 6) is -1.40. The largest absolute Gasteiger partial charge is 0.481 e. The molecule has 0 radical (unpaired) electrons. The number of aromatic nitrogens is 2. The van der Waals surface area contributed by atoms with Crippen LogP contribution in [-0.2, 0) is 16.1 Å². The average molecular weight is 353 g/mol. The van der Waals surface area contributed by atoms with Gasteiger partial charge >= 0.3 is 11.9 Å². The molecule has 0 bridgehead atoms. The molecule has 2 fully saturated rings. The summed E-state index contributed by atoms with van der Waals surface area (Å²) in [6, 6.07) is 7.86. The lowest BCUT2D eigenvalue weighted by molar-refractivity contribution is -0.151. The third-order valence-corrected chi connectivity index (χ3v) is 5.70. The normalized spacial score (nSPS) is 27.1. The van der Waals surface area contributed by atoms with E-state index in [0.29, 0.717) is 12.4 Å². The van der Waals surface area contributed by atoms with Crippen LogP contribution in [0.5, 0.6) is 0 Å². The molecule has 0 spiro atoms. The van der Waals surface area contributed by atoms with Crippen molar-refractivity contribution in [2.24, 2.45) is 10.8 Å². The van der Waals surface area contributed by atoms with Crippen LogP contribution in [0.2, 0.25) is 0 Å². The van der Waals surface area contributed by atoms with Gasteiger partial charge in [0.1, 0.15) is 0 Å². The van der Waals surface area contributed by atoms with Gasteiger partial charge in [0.15, 0.2) is 5.82 Å². The fraction of sp³-hybridized carbons (Fsp3) is 0.368. The number of likely N-dealkylation sites (tertiary alicyclic amines) is 1. The highest BCUT2D eigenvalue weighted by Gasteiger charge is 2.80. The van der Waals surface area contributed by atoms with E-state index in [-0.39, 0.29) is 19.5 Å². The molecular formula is C19H19N3O4. The summed E-state index contributed by atoms with van der Waals surface area (Å²) < 4.78 is 0. The first-order valence-electron chi connectivity index (χ1n) is 8.44. The summed E-state index contributed by atoms with van der Waals surface area (Å²) in [5.41, 5.74) is 0.592. The second kappa shape index (κ2) is 5.60. The molecular weight excluding hydrogens is 334 g/mol. The van der Waals surface area contributed by atoms with Crippen LogP contribution < -0.4 is 0 Å². The predicted octanol–water partition coefficient (Wildman–Crippen LogP) is 1.81. The minimum absolute atomic E-state index is 0.212. The number of hydrogen-bond acceptors (Lipinski definition) is 5. The number of carboxylic acid groups (broad SMARTS) is 2. The highest BCUT2D eigenvalue weighted by atomic mass is 16.4. The number of aliphatic carboxylic acids is 2. The molecule has 0 unspecified atom stereocenters. The van der Waals surface area contributed by atoms with Crippen LogP contribution in [0.4, 0.5) is 0 Å². The molecule has 7 heteroatoms. The van der Waals surface area contributed by atoms with Crippen molar-refractivity contribution in [2.45, 2.75) is 19.9 Å². The van der Waals surface area contributed by atoms with E-state index in [4.69, 9.17) is 0 Å². The Balaban J connectivity index is 1.50. The van der Waals surface area contributed by atoms with Gasteiger partial charge in [-0.05, 0) is 18.9 Å². The number of benzene rings is 1. The van der Waals surface area contributed by atoms with Gasteiger partial charge in [0.05, 0.1) is 10.8 Å². The molecule has 1 aliphatic heterocycles. The monoisotopic (exact) mass is 353 g/mol. The lowest BCUT2D eigenvalue weighted by Crippen LogP contribution is -2.28. The fourth-order valence-corrected chi connectivity index (χ4v) is 4.17. The number of nitrogens with zero attached hydrogens (tertiary/aromatic N) is 3. The number of rotatable bonds is 5. The molecule has 4 rings (SSSR count). The van der Waals surface area contributed by atoms with Crippen molar-refractivity contribution < 1.29 is 19.8 Å². The Morgan fingerprint density at radius 3 is 2.19 bits per heavy atom. The minimum Gasteiger partial charge on any atom is -0.481 e. The summed E-state index contributed by atoms with van der Waals surface area (Å²) in [4.78, 5) is 33.9. The maximum absolute atomic E-state index is 11.6. The zero-order valence-corrected chi connectivity index (χ0v) is 14.3. The van der Waals surface area contributed by atoms with Gasteiger partial charge < -0.3 is 10.2 Å². The van der Waals surface area contributed by atoms with E-state index in [1.807, 2.05) is 36.1 Å². The van der Waals surface area contributed by atoms with E-state index in [0.717, 1.165) is 16.7 Å². The molecule has 2 N–H and O–H groups in total. The second-order valence-electron chi connectivity index (χ2n) is 7.33. The first kappa shape index (κ1) is 16.7. The number of piperidine rings is 1. The molecule has 134 valence electrons. The molecule has 1 aliphatic carbocycles. The van der Waals surface area contributed by atoms with Crippen LogP contribution in [-0.4, -0.2) is 50.1 Å². The Kier molecular flexibility index (Phi) is 3.59. The minimum atomic E-state index is -1.15. The molecule has 1 saturated heterocycles. The van der Waals surface area contributed by atoms with Crippen molar-refractivity contribution in [1.82, 2.24) is 14.9 Å². The van der Waals surface area contributed by atoms with Crippen molar-refractivity contribution in [3.8, 4) is 11.4 Å². The highest BCUT2D eigenvalue weighted by molar-refractivity contribution is 5.94. The number of fused-ring (bicyclic) bond motifs is 1. The lowest BCUT2D eigenvalue weighted by Gasteiger charge is -2.19.